The lowest BCUT2D eigenvalue weighted by Gasteiger charge is -2.05. The highest BCUT2D eigenvalue weighted by Crippen LogP contribution is 2.39. The van der Waals surface area contributed by atoms with Gasteiger partial charge >= 0.3 is 0 Å². The van der Waals surface area contributed by atoms with Gasteiger partial charge in [0.25, 0.3) is 0 Å². The highest BCUT2D eigenvalue weighted by molar-refractivity contribution is 5.07. The molecule has 0 bridgehead atoms. The molecule has 0 atom stereocenters. The van der Waals surface area contributed by atoms with Gasteiger partial charge in [-0.2, -0.15) is 5.10 Å². The Morgan fingerprint density at radius 1 is 1.53 bits per heavy atom. The van der Waals surface area contributed by atoms with Crippen LogP contribution in [0.15, 0.2) is 12.4 Å². The molecule has 1 aliphatic carbocycles. The van der Waals surface area contributed by atoms with E-state index in [9.17, 15) is 5.11 Å². The molecule has 1 N–H and O–H groups in total. The van der Waals surface area contributed by atoms with Crippen molar-refractivity contribution in [1.29, 1.82) is 0 Å². The van der Waals surface area contributed by atoms with E-state index in [1.54, 1.807) is 0 Å². The van der Waals surface area contributed by atoms with Crippen LogP contribution in [0.25, 0.3) is 0 Å². The minimum absolute atomic E-state index is 0.333. The fourth-order valence-corrected chi connectivity index (χ4v) is 1.78. The van der Waals surface area contributed by atoms with Gasteiger partial charge in [0, 0.05) is 12.7 Å². The van der Waals surface area contributed by atoms with Gasteiger partial charge < -0.3 is 5.11 Å². The Kier molecular flexibility index (Phi) is 2.83. The molecule has 3 nitrogen and oxygen atoms in total. The quantitative estimate of drug-likeness (QED) is 0.803. The van der Waals surface area contributed by atoms with Crippen LogP contribution < -0.4 is 0 Å². The Morgan fingerprint density at radius 3 is 2.87 bits per heavy atom. The number of nitrogens with zero attached hydrogens (tertiary/aromatic N) is 2. The zero-order valence-corrected chi connectivity index (χ0v) is 9.61. The lowest BCUT2D eigenvalue weighted by atomic mass is 10.1. The van der Waals surface area contributed by atoms with Crippen molar-refractivity contribution < 1.29 is 5.11 Å². The molecule has 0 saturated heterocycles. The molecule has 1 heterocycles. The van der Waals surface area contributed by atoms with Gasteiger partial charge in [0.05, 0.1) is 11.8 Å². The second-order valence-electron chi connectivity index (χ2n) is 5.19. The first-order valence-corrected chi connectivity index (χ1v) is 5.81. The van der Waals surface area contributed by atoms with Crippen molar-refractivity contribution in [3.63, 3.8) is 0 Å². The molecule has 1 saturated carbocycles. The second kappa shape index (κ2) is 3.97. The third kappa shape index (κ3) is 3.06. The van der Waals surface area contributed by atoms with Crippen LogP contribution in [-0.2, 0) is 13.0 Å². The molecule has 1 aromatic heterocycles. The molecule has 0 unspecified atom stereocenters. The van der Waals surface area contributed by atoms with E-state index in [0.29, 0.717) is 5.92 Å². The van der Waals surface area contributed by atoms with Gasteiger partial charge in [-0.25, -0.2) is 0 Å². The Bertz CT molecular complexity index is 326. The highest BCUT2D eigenvalue weighted by atomic mass is 16.3. The topological polar surface area (TPSA) is 38.0 Å². The molecule has 1 fully saturated rings. The summed E-state index contributed by atoms with van der Waals surface area (Å²) in [4.78, 5) is 0. The molecule has 1 aromatic rings. The number of aliphatic hydroxyl groups is 1. The molecule has 0 amide bonds. The SMILES string of the molecule is CC(C)Cn1cc(CCC2(O)CC2)cn1. The maximum atomic E-state index is 9.72. The van der Waals surface area contributed by atoms with E-state index in [0.717, 1.165) is 32.2 Å². The summed E-state index contributed by atoms with van der Waals surface area (Å²) in [5, 5.41) is 14.0. The molecule has 0 radical (unpaired) electrons. The molecule has 0 spiro atoms. The molecule has 15 heavy (non-hydrogen) atoms. The van der Waals surface area contributed by atoms with Crippen molar-refractivity contribution >= 4 is 0 Å². The van der Waals surface area contributed by atoms with Crippen molar-refractivity contribution in [1.82, 2.24) is 9.78 Å². The molecule has 0 aliphatic heterocycles. The van der Waals surface area contributed by atoms with Gasteiger partial charge in [-0.1, -0.05) is 13.8 Å². The Morgan fingerprint density at radius 2 is 2.27 bits per heavy atom. The van der Waals surface area contributed by atoms with E-state index in [1.165, 1.54) is 5.56 Å². The molecule has 3 heteroatoms. The van der Waals surface area contributed by atoms with Crippen molar-refractivity contribution in [3.8, 4) is 0 Å². The smallest absolute Gasteiger partial charge is 0.0653 e. The zero-order chi connectivity index (χ0) is 10.9. The first-order valence-electron chi connectivity index (χ1n) is 5.81. The molecule has 1 aliphatic rings. The lowest BCUT2D eigenvalue weighted by Crippen LogP contribution is -2.07. The number of hydrogen-bond acceptors (Lipinski definition) is 2. The summed E-state index contributed by atoms with van der Waals surface area (Å²) < 4.78 is 2.00. The molecular weight excluding hydrogens is 188 g/mol. The molecule has 84 valence electrons. The maximum absolute atomic E-state index is 9.72. The summed E-state index contributed by atoms with van der Waals surface area (Å²) in [7, 11) is 0. The van der Waals surface area contributed by atoms with Crippen LogP contribution in [0.5, 0.6) is 0 Å². The van der Waals surface area contributed by atoms with Gasteiger partial charge in [-0.05, 0) is 37.2 Å². The van der Waals surface area contributed by atoms with E-state index in [1.807, 2.05) is 10.9 Å². The summed E-state index contributed by atoms with van der Waals surface area (Å²) >= 11 is 0. The lowest BCUT2D eigenvalue weighted by molar-refractivity contribution is 0.140. The van der Waals surface area contributed by atoms with Crippen molar-refractivity contribution in [3.05, 3.63) is 18.0 Å². The second-order valence-corrected chi connectivity index (χ2v) is 5.19. The fraction of sp³-hybridized carbons (Fsp3) is 0.750. The third-order valence-corrected chi connectivity index (χ3v) is 2.95. The van der Waals surface area contributed by atoms with Crippen LogP contribution in [0.1, 0.15) is 38.7 Å². The predicted molar refractivity (Wildman–Crippen MR) is 59.6 cm³/mol. The van der Waals surface area contributed by atoms with Gasteiger partial charge in [0.1, 0.15) is 0 Å². The monoisotopic (exact) mass is 208 g/mol. The van der Waals surface area contributed by atoms with Gasteiger partial charge in [0.2, 0.25) is 0 Å². The normalized spacial score (nSPS) is 18.4. The van der Waals surface area contributed by atoms with Gasteiger partial charge in [0.15, 0.2) is 0 Å². The van der Waals surface area contributed by atoms with E-state index in [-0.39, 0.29) is 5.60 Å². The third-order valence-electron chi connectivity index (χ3n) is 2.95. The van der Waals surface area contributed by atoms with Crippen molar-refractivity contribution in [2.24, 2.45) is 5.92 Å². The van der Waals surface area contributed by atoms with Crippen LogP contribution in [0.3, 0.4) is 0 Å². The number of hydrogen-bond donors (Lipinski definition) is 1. The first kappa shape index (κ1) is 10.7. The minimum atomic E-state index is -0.333. The van der Waals surface area contributed by atoms with Crippen LogP contribution in [0.2, 0.25) is 0 Å². The summed E-state index contributed by atoms with van der Waals surface area (Å²) in [5.74, 6) is 0.630. The highest BCUT2D eigenvalue weighted by Gasteiger charge is 2.39. The van der Waals surface area contributed by atoms with Gasteiger partial charge in [-0.15, -0.1) is 0 Å². The van der Waals surface area contributed by atoms with E-state index in [2.05, 4.69) is 25.1 Å². The summed E-state index contributed by atoms with van der Waals surface area (Å²) in [6.07, 6.45) is 7.83. The number of aryl methyl sites for hydroxylation is 1. The summed E-state index contributed by atoms with van der Waals surface area (Å²) in [5.41, 5.74) is 0.913. The first-order chi connectivity index (χ1) is 7.07. The average molecular weight is 208 g/mol. The number of rotatable bonds is 5. The standard InChI is InChI=1S/C12H20N2O/c1-10(2)8-14-9-11(7-13-14)3-4-12(15)5-6-12/h7,9-10,15H,3-6,8H2,1-2H3. The van der Waals surface area contributed by atoms with E-state index >= 15 is 0 Å². The van der Waals surface area contributed by atoms with Crippen LogP contribution in [0.4, 0.5) is 0 Å². The van der Waals surface area contributed by atoms with Crippen molar-refractivity contribution in [2.45, 2.75) is 51.7 Å². The van der Waals surface area contributed by atoms with E-state index in [4.69, 9.17) is 0 Å². The maximum Gasteiger partial charge on any atom is 0.0653 e. The largest absolute Gasteiger partial charge is 0.390 e. The fourth-order valence-electron chi connectivity index (χ4n) is 1.78. The van der Waals surface area contributed by atoms with Crippen LogP contribution in [-0.4, -0.2) is 20.5 Å². The van der Waals surface area contributed by atoms with Crippen LogP contribution in [0, 0.1) is 5.92 Å². The molecular formula is C12H20N2O. The Hall–Kier alpha value is -0.830. The Balaban J connectivity index is 1.84. The van der Waals surface area contributed by atoms with E-state index < -0.39 is 0 Å². The Labute approximate surface area is 91.1 Å². The summed E-state index contributed by atoms with van der Waals surface area (Å²) in [6, 6.07) is 0. The minimum Gasteiger partial charge on any atom is -0.390 e. The predicted octanol–water partition coefficient (Wildman–Crippen LogP) is 2.00. The summed E-state index contributed by atoms with van der Waals surface area (Å²) in [6.45, 7) is 5.35. The van der Waals surface area contributed by atoms with Gasteiger partial charge in [-0.3, -0.25) is 4.68 Å². The number of aromatic nitrogens is 2. The van der Waals surface area contributed by atoms with Crippen molar-refractivity contribution in [2.75, 3.05) is 0 Å². The average Bonchev–Trinajstić information content (AvgIpc) is 2.73. The molecule has 2 rings (SSSR count). The molecule has 0 aromatic carbocycles. The van der Waals surface area contributed by atoms with Crippen LogP contribution >= 0.6 is 0 Å². The zero-order valence-electron chi connectivity index (χ0n) is 9.61.